The Kier molecular flexibility index (Phi) is 4.66. The van der Waals surface area contributed by atoms with E-state index in [0.29, 0.717) is 5.92 Å². The van der Waals surface area contributed by atoms with Crippen molar-refractivity contribution in [2.75, 3.05) is 0 Å². The number of nitrogens with two attached hydrogens (primary N) is 2. The molecule has 3 aliphatic carbocycles. The molecule has 0 heterocycles. The third-order valence-corrected chi connectivity index (χ3v) is 7.21. The largest absolute Gasteiger partial charge is 0.325 e. The van der Waals surface area contributed by atoms with Gasteiger partial charge < -0.3 is 11.5 Å². The van der Waals surface area contributed by atoms with Crippen molar-refractivity contribution in [2.45, 2.75) is 101 Å². The highest BCUT2D eigenvalue weighted by Crippen LogP contribution is 2.49. The molecule has 3 aliphatic rings. The van der Waals surface area contributed by atoms with Gasteiger partial charge in [-0.3, -0.25) is 0 Å². The average Bonchev–Trinajstić information content (AvgIpc) is 2.52. The molecule has 2 nitrogen and oxygen atoms in total. The van der Waals surface area contributed by atoms with Crippen LogP contribution in [0.15, 0.2) is 0 Å². The zero-order valence-electron chi connectivity index (χ0n) is 14.1. The molecule has 3 rings (SSSR count). The van der Waals surface area contributed by atoms with E-state index in [2.05, 4.69) is 6.92 Å². The second-order valence-corrected chi connectivity index (χ2v) is 8.78. The van der Waals surface area contributed by atoms with E-state index in [1.54, 1.807) is 0 Å². The van der Waals surface area contributed by atoms with Gasteiger partial charge in [0.1, 0.15) is 0 Å². The van der Waals surface area contributed by atoms with Crippen molar-refractivity contribution in [3.8, 4) is 0 Å². The molecule has 3 fully saturated rings. The van der Waals surface area contributed by atoms with Crippen LogP contribution in [0.1, 0.15) is 90.4 Å². The van der Waals surface area contributed by atoms with Crippen molar-refractivity contribution in [1.82, 2.24) is 0 Å². The fraction of sp³-hybridized carbons (Fsp3) is 1.00. The van der Waals surface area contributed by atoms with Crippen LogP contribution in [0.2, 0.25) is 0 Å². The monoisotopic (exact) mass is 292 g/mol. The molecule has 3 saturated carbocycles. The fourth-order valence-corrected chi connectivity index (χ4v) is 5.72. The first kappa shape index (κ1) is 15.8. The summed E-state index contributed by atoms with van der Waals surface area (Å²) in [5, 5.41) is 0. The zero-order chi connectivity index (χ0) is 14.9. The van der Waals surface area contributed by atoms with Crippen LogP contribution in [0, 0.1) is 17.8 Å². The Morgan fingerprint density at radius 2 is 1.33 bits per heavy atom. The molecule has 3 atom stereocenters. The van der Waals surface area contributed by atoms with Crippen LogP contribution in [0.5, 0.6) is 0 Å². The van der Waals surface area contributed by atoms with E-state index in [1.165, 1.54) is 70.6 Å². The van der Waals surface area contributed by atoms with E-state index >= 15 is 0 Å². The maximum atomic E-state index is 7.00. The van der Waals surface area contributed by atoms with Crippen molar-refractivity contribution in [3.05, 3.63) is 0 Å². The fourth-order valence-electron chi connectivity index (χ4n) is 5.72. The standard InChI is InChI=1S/C19H36N2/c1-18(20)12-13-19(21,16-10-6-3-7-11-16)14-17(18)15-8-4-2-5-9-15/h15-17H,2-14,20-21H2,1H3. The number of rotatable bonds is 2. The lowest BCUT2D eigenvalue weighted by Crippen LogP contribution is -2.61. The normalized spacial score (nSPS) is 43.9. The third kappa shape index (κ3) is 3.32. The SMILES string of the molecule is CC1(N)CCC(N)(C2CCCCC2)CC1C1CCCCC1. The van der Waals surface area contributed by atoms with Crippen LogP contribution >= 0.6 is 0 Å². The molecule has 4 N–H and O–H groups in total. The molecule has 0 aromatic heterocycles. The predicted octanol–water partition coefficient (Wildman–Crippen LogP) is 4.36. The molecular formula is C19H36N2. The smallest absolute Gasteiger partial charge is 0.0187 e. The van der Waals surface area contributed by atoms with Gasteiger partial charge in [0.05, 0.1) is 0 Å². The summed E-state index contributed by atoms with van der Waals surface area (Å²) in [4.78, 5) is 0. The van der Waals surface area contributed by atoms with E-state index in [0.717, 1.165) is 24.7 Å². The highest BCUT2D eigenvalue weighted by Gasteiger charge is 2.48. The van der Waals surface area contributed by atoms with Crippen LogP contribution in [-0.2, 0) is 0 Å². The summed E-state index contributed by atoms with van der Waals surface area (Å²) in [7, 11) is 0. The minimum absolute atomic E-state index is 0.0273. The van der Waals surface area contributed by atoms with E-state index in [-0.39, 0.29) is 11.1 Å². The maximum absolute atomic E-state index is 7.00. The van der Waals surface area contributed by atoms with E-state index in [4.69, 9.17) is 11.5 Å². The first-order valence-corrected chi connectivity index (χ1v) is 9.59. The Bertz CT molecular complexity index is 339. The van der Waals surface area contributed by atoms with E-state index < -0.39 is 0 Å². The summed E-state index contributed by atoms with van der Waals surface area (Å²) in [6.07, 6.45) is 17.5. The van der Waals surface area contributed by atoms with Gasteiger partial charge in [-0.15, -0.1) is 0 Å². The molecule has 3 unspecified atom stereocenters. The number of hydrogen-bond acceptors (Lipinski definition) is 2. The molecule has 0 spiro atoms. The van der Waals surface area contributed by atoms with Crippen LogP contribution in [0.4, 0.5) is 0 Å². The van der Waals surface area contributed by atoms with Crippen LogP contribution in [0.25, 0.3) is 0 Å². The quantitative estimate of drug-likeness (QED) is 0.794. The van der Waals surface area contributed by atoms with Crippen molar-refractivity contribution < 1.29 is 0 Å². The molecule has 0 radical (unpaired) electrons. The first-order chi connectivity index (χ1) is 10.0. The van der Waals surface area contributed by atoms with Crippen molar-refractivity contribution in [2.24, 2.45) is 29.2 Å². The highest BCUT2D eigenvalue weighted by molar-refractivity contribution is 5.06. The van der Waals surface area contributed by atoms with Gasteiger partial charge >= 0.3 is 0 Å². The Morgan fingerprint density at radius 1 is 0.762 bits per heavy atom. The molecule has 0 bridgehead atoms. The summed E-state index contributed by atoms with van der Waals surface area (Å²) in [5.74, 6) is 2.28. The zero-order valence-corrected chi connectivity index (χ0v) is 14.1. The van der Waals surface area contributed by atoms with Crippen molar-refractivity contribution in [3.63, 3.8) is 0 Å². The van der Waals surface area contributed by atoms with Gasteiger partial charge in [0.2, 0.25) is 0 Å². The van der Waals surface area contributed by atoms with Crippen molar-refractivity contribution in [1.29, 1.82) is 0 Å². The second-order valence-electron chi connectivity index (χ2n) is 8.78. The van der Waals surface area contributed by atoms with Gasteiger partial charge in [-0.2, -0.15) is 0 Å². The van der Waals surface area contributed by atoms with Gasteiger partial charge in [-0.05, 0) is 56.8 Å². The van der Waals surface area contributed by atoms with Crippen molar-refractivity contribution >= 4 is 0 Å². The molecule has 0 aromatic rings. The maximum Gasteiger partial charge on any atom is 0.0187 e. The lowest BCUT2D eigenvalue weighted by Gasteiger charge is -2.53. The minimum Gasteiger partial charge on any atom is -0.325 e. The molecule has 0 saturated heterocycles. The molecule has 21 heavy (non-hydrogen) atoms. The summed E-state index contributed by atoms with van der Waals surface area (Å²) in [6, 6.07) is 0. The van der Waals surface area contributed by atoms with Gasteiger partial charge in [0.25, 0.3) is 0 Å². The summed E-state index contributed by atoms with van der Waals surface area (Å²) < 4.78 is 0. The molecule has 122 valence electrons. The molecular weight excluding hydrogens is 256 g/mol. The first-order valence-electron chi connectivity index (χ1n) is 9.59. The summed E-state index contributed by atoms with van der Waals surface area (Å²) in [5.41, 5.74) is 13.9. The van der Waals surface area contributed by atoms with Crippen LogP contribution < -0.4 is 11.5 Å². The van der Waals surface area contributed by atoms with Crippen LogP contribution in [0.3, 0.4) is 0 Å². The Hall–Kier alpha value is -0.0800. The summed E-state index contributed by atoms with van der Waals surface area (Å²) >= 11 is 0. The molecule has 0 aromatic carbocycles. The van der Waals surface area contributed by atoms with Gasteiger partial charge in [0, 0.05) is 11.1 Å². The third-order valence-electron chi connectivity index (χ3n) is 7.21. The summed E-state index contributed by atoms with van der Waals surface area (Å²) in [6.45, 7) is 2.31. The van der Waals surface area contributed by atoms with E-state index in [1.807, 2.05) is 0 Å². The molecule has 0 aliphatic heterocycles. The Labute approximate surface area is 131 Å². The van der Waals surface area contributed by atoms with Gasteiger partial charge in [0.15, 0.2) is 0 Å². The predicted molar refractivity (Wildman–Crippen MR) is 90.0 cm³/mol. The minimum atomic E-state index is 0.0273. The lowest BCUT2D eigenvalue weighted by atomic mass is 9.56. The highest BCUT2D eigenvalue weighted by atomic mass is 14.8. The van der Waals surface area contributed by atoms with Gasteiger partial charge in [-0.25, -0.2) is 0 Å². The molecule has 2 heteroatoms. The topological polar surface area (TPSA) is 52.0 Å². The number of hydrogen-bond donors (Lipinski definition) is 2. The van der Waals surface area contributed by atoms with Gasteiger partial charge in [-0.1, -0.05) is 51.4 Å². The Balaban J connectivity index is 1.73. The average molecular weight is 293 g/mol. The Morgan fingerprint density at radius 3 is 1.95 bits per heavy atom. The second kappa shape index (κ2) is 6.20. The van der Waals surface area contributed by atoms with E-state index in [9.17, 15) is 0 Å². The van der Waals surface area contributed by atoms with Crippen LogP contribution in [-0.4, -0.2) is 11.1 Å². The molecule has 0 amide bonds. The lowest BCUT2D eigenvalue weighted by molar-refractivity contribution is 0.0326.